The van der Waals surface area contributed by atoms with Gasteiger partial charge >= 0.3 is 0 Å². The van der Waals surface area contributed by atoms with Crippen molar-refractivity contribution < 1.29 is 4.74 Å². The number of nitrogens with two attached hydrogens (primary N) is 1. The van der Waals surface area contributed by atoms with Gasteiger partial charge in [0.25, 0.3) is 0 Å². The van der Waals surface area contributed by atoms with Gasteiger partial charge < -0.3 is 10.5 Å². The standard InChI is InChI=1S/C16H17Cl2NO/c1-10-3-4-14(18)9-16(10)20-15-6-5-13(17)8-12(15)7-11(2)19/h3-6,8-9,11H,7,19H2,1-2H3. The summed E-state index contributed by atoms with van der Waals surface area (Å²) in [5.74, 6) is 1.50. The molecule has 1 atom stereocenters. The molecule has 0 radical (unpaired) electrons. The molecule has 0 aliphatic carbocycles. The topological polar surface area (TPSA) is 35.2 Å². The van der Waals surface area contributed by atoms with E-state index in [0.717, 1.165) is 22.6 Å². The molecule has 0 aliphatic rings. The minimum Gasteiger partial charge on any atom is -0.457 e. The molecule has 4 heteroatoms. The normalized spacial score (nSPS) is 12.2. The highest BCUT2D eigenvalue weighted by molar-refractivity contribution is 6.31. The van der Waals surface area contributed by atoms with Gasteiger partial charge in [-0.2, -0.15) is 0 Å². The first kappa shape index (κ1) is 15.2. The third kappa shape index (κ3) is 3.89. The predicted molar refractivity (Wildman–Crippen MR) is 85.1 cm³/mol. The Morgan fingerprint density at radius 1 is 1.05 bits per heavy atom. The zero-order chi connectivity index (χ0) is 14.7. The van der Waals surface area contributed by atoms with E-state index >= 15 is 0 Å². The maximum Gasteiger partial charge on any atom is 0.131 e. The first-order chi connectivity index (χ1) is 9.45. The Morgan fingerprint density at radius 3 is 2.40 bits per heavy atom. The summed E-state index contributed by atoms with van der Waals surface area (Å²) in [5, 5.41) is 1.32. The van der Waals surface area contributed by atoms with E-state index in [-0.39, 0.29) is 6.04 Å². The van der Waals surface area contributed by atoms with Crippen molar-refractivity contribution in [2.45, 2.75) is 26.3 Å². The molecule has 0 heterocycles. The average molecular weight is 310 g/mol. The van der Waals surface area contributed by atoms with Crippen molar-refractivity contribution in [3.8, 4) is 11.5 Å². The SMILES string of the molecule is Cc1ccc(Cl)cc1Oc1ccc(Cl)cc1CC(C)N. The van der Waals surface area contributed by atoms with Gasteiger partial charge in [0.05, 0.1) is 0 Å². The van der Waals surface area contributed by atoms with Crippen molar-refractivity contribution in [3.63, 3.8) is 0 Å². The molecule has 0 amide bonds. The van der Waals surface area contributed by atoms with Crippen LogP contribution in [0.3, 0.4) is 0 Å². The zero-order valence-corrected chi connectivity index (χ0v) is 13.0. The molecular weight excluding hydrogens is 293 g/mol. The van der Waals surface area contributed by atoms with Gasteiger partial charge in [0, 0.05) is 16.1 Å². The molecule has 0 fully saturated rings. The summed E-state index contributed by atoms with van der Waals surface area (Å²) in [6.45, 7) is 3.93. The molecule has 2 aromatic rings. The third-order valence-corrected chi connectivity index (χ3v) is 3.40. The van der Waals surface area contributed by atoms with Gasteiger partial charge in [-0.15, -0.1) is 0 Å². The summed E-state index contributed by atoms with van der Waals surface area (Å²) < 4.78 is 5.98. The quantitative estimate of drug-likeness (QED) is 0.864. The number of hydrogen-bond donors (Lipinski definition) is 1. The molecule has 2 nitrogen and oxygen atoms in total. The monoisotopic (exact) mass is 309 g/mol. The highest BCUT2D eigenvalue weighted by atomic mass is 35.5. The number of halogens is 2. The number of aryl methyl sites for hydroxylation is 1. The molecule has 0 bridgehead atoms. The van der Waals surface area contributed by atoms with E-state index in [1.165, 1.54) is 0 Å². The molecule has 20 heavy (non-hydrogen) atoms. The Hall–Kier alpha value is -1.22. The first-order valence-electron chi connectivity index (χ1n) is 6.43. The zero-order valence-electron chi connectivity index (χ0n) is 11.5. The van der Waals surface area contributed by atoms with E-state index in [4.69, 9.17) is 33.7 Å². The van der Waals surface area contributed by atoms with Crippen molar-refractivity contribution >= 4 is 23.2 Å². The third-order valence-electron chi connectivity index (χ3n) is 2.93. The molecule has 2 rings (SSSR count). The van der Waals surface area contributed by atoms with Crippen molar-refractivity contribution in [2.24, 2.45) is 5.73 Å². The van der Waals surface area contributed by atoms with Crippen LogP contribution in [-0.4, -0.2) is 6.04 Å². The summed E-state index contributed by atoms with van der Waals surface area (Å²) in [6, 6.07) is 11.2. The summed E-state index contributed by atoms with van der Waals surface area (Å²) in [5.41, 5.74) is 7.89. The number of ether oxygens (including phenoxy) is 1. The van der Waals surface area contributed by atoms with Crippen molar-refractivity contribution in [2.75, 3.05) is 0 Å². The van der Waals surface area contributed by atoms with Gasteiger partial charge in [0.1, 0.15) is 11.5 Å². The highest BCUT2D eigenvalue weighted by Gasteiger charge is 2.10. The Kier molecular flexibility index (Phi) is 4.92. The lowest BCUT2D eigenvalue weighted by atomic mass is 10.1. The molecule has 2 aromatic carbocycles. The van der Waals surface area contributed by atoms with Crippen molar-refractivity contribution in [3.05, 3.63) is 57.6 Å². The van der Waals surface area contributed by atoms with E-state index < -0.39 is 0 Å². The summed E-state index contributed by atoms with van der Waals surface area (Å²) in [4.78, 5) is 0. The number of hydrogen-bond acceptors (Lipinski definition) is 2. The van der Waals surface area contributed by atoms with Gasteiger partial charge in [-0.25, -0.2) is 0 Å². The van der Waals surface area contributed by atoms with Crippen LogP contribution in [0.1, 0.15) is 18.1 Å². The van der Waals surface area contributed by atoms with Gasteiger partial charge in [0.15, 0.2) is 0 Å². The van der Waals surface area contributed by atoms with Gasteiger partial charge in [-0.05, 0) is 61.7 Å². The lowest BCUT2D eigenvalue weighted by Crippen LogP contribution is -2.18. The van der Waals surface area contributed by atoms with Crippen LogP contribution in [0.25, 0.3) is 0 Å². The van der Waals surface area contributed by atoms with Crippen molar-refractivity contribution in [1.29, 1.82) is 0 Å². The van der Waals surface area contributed by atoms with Crippen LogP contribution >= 0.6 is 23.2 Å². The number of benzene rings is 2. The van der Waals surface area contributed by atoms with Crippen LogP contribution in [0.2, 0.25) is 10.0 Å². The first-order valence-corrected chi connectivity index (χ1v) is 7.19. The minimum atomic E-state index is 0.0382. The van der Waals surface area contributed by atoms with Crippen LogP contribution in [-0.2, 0) is 6.42 Å². The van der Waals surface area contributed by atoms with Crippen molar-refractivity contribution in [1.82, 2.24) is 0 Å². The smallest absolute Gasteiger partial charge is 0.131 e. The second kappa shape index (κ2) is 6.49. The molecule has 0 spiro atoms. The lowest BCUT2D eigenvalue weighted by molar-refractivity contribution is 0.470. The molecule has 0 aromatic heterocycles. The average Bonchev–Trinajstić information content (AvgIpc) is 2.36. The highest BCUT2D eigenvalue weighted by Crippen LogP contribution is 2.32. The Balaban J connectivity index is 2.35. The fraction of sp³-hybridized carbons (Fsp3) is 0.250. The van der Waals surface area contributed by atoms with Gasteiger partial charge in [-0.3, -0.25) is 0 Å². The predicted octanol–water partition coefficient (Wildman–Crippen LogP) is 4.98. The van der Waals surface area contributed by atoms with E-state index in [1.54, 1.807) is 12.1 Å². The van der Waals surface area contributed by atoms with Crippen LogP contribution in [0.15, 0.2) is 36.4 Å². The van der Waals surface area contributed by atoms with E-state index in [9.17, 15) is 0 Å². The number of rotatable bonds is 4. The Morgan fingerprint density at radius 2 is 1.70 bits per heavy atom. The van der Waals surface area contributed by atoms with E-state index in [1.807, 2.05) is 38.1 Å². The van der Waals surface area contributed by atoms with Crippen LogP contribution in [0, 0.1) is 6.92 Å². The molecule has 1 unspecified atom stereocenters. The molecule has 0 saturated carbocycles. The molecular formula is C16H17Cl2NO. The molecule has 106 valence electrons. The second-order valence-corrected chi connectivity index (χ2v) is 5.82. The maximum absolute atomic E-state index is 6.04. The van der Waals surface area contributed by atoms with Crippen LogP contribution in [0.5, 0.6) is 11.5 Å². The van der Waals surface area contributed by atoms with Gasteiger partial charge in [0.2, 0.25) is 0 Å². The summed E-state index contributed by atoms with van der Waals surface area (Å²) in [6.07, 6.45) is 0.704. The van der Waals surface area contributed by atoms with Crippen LogP contribution in [0.4, 0.5) is 0 Å². The fourth-order valence-corrected chi connectivity index (χ4v) is 2.31. The Bertz CT molecular complexity index is 611. The van der Waals surface area contributed by atoms with E-state index in [2.05, 4.69) is 0 Å². The second-order valence-electron chi connectivity index (χ2n) is 4.95. The van der Waals surface area contributed by atoms with Gasteiger partial charge in [-0.1, -0.05) is 29.3 Å². The lowest BCUT2D eigenvalue weighted by Gasteiger charge is -2.15. The fourth-order valence-electron chi connectivity index (χ4n) is 1.96. The van der Waals surface area contributed by atoms with Crippen LogP contribution < -0.4 is 10.5 Å². The molecule has 0 saturated heterocycles. The largest absolute Gasteiger partial charge is 0.457 e. The maximum atomic E-state index is 6.04. The summed E-state index contributed by atoms with van der Waals surface area (Å²) in [7, 11) is 0. The molecule has 0 aliphatic heterocycles. The minimum absolute atomic E-state index is 0.0382. The van der Waals surface area contributed by atoms with E-state index in [0.29, 0.717) is 16.5 Å². The molecule has 2 N–H and O–H groups in total. The Labute approximate surface area is 129 Å². The summed E-state index contributed by atoms with van der Waals surface area (Å²) >= 11 is 12.1.